The molecule has 2 aromatic carbocycles. The minimum absolute atomic E-state index is 0.0389. The Hall–Kier alpha value is -2.69. The molecule has 2 rings (SSSR count). The minimum atomic E-state index is -0.586. The second kappa shape index (κ2) is 7.93. The van der Waals surface area contributed by atoms with Gasteiger partial charge in [-0.25, -0.2) is 9.82 Å². The molecule has 4 nitrogen and oxygen atoms in total. The first-order valence-corrected chi connectivity index (χ1v) is 7.01. The van der Waals surface area contributed by atoms with E-state index in [1.165, 1.54) is 24.4 Å². The van der Waals surface area contributed by atoms with Crippen LogP contribution in [0.3, 0.4) is 0 Å². The molecule has 0 bridgehead atoms. The monoisotopic (exact) mass is 300 g/mol. The molecule has 1 N–H and O–H groups in total. The van der Waals surface area contributed by atoms with Gasteiger partial charge in [0.15, 0.2) is 0 Å². The second-order valence-corrected chi connectivity index (χ2v) is 4.60. The Morgan fingerprint density at radius 3 is 2.64 bits per heavy atom. The first-order chi connectivity index (χ1) is 10.7. The predicted molar refractivity (Wildman–Crippen MR) is 83.7 cm³/mol. The highest BCUT2D eigenvalue weighted by atomic mass is 19.1. The van der Waals surface area contributed by atoms with Crippen LogP contribution >= 0.6 is 0 Å². The number of rotatable bonds is 6. The van der Waals surface area contributed by atoms with Gasteiger partial charge in [0, 0.05) is 0 Å². The highest BCUT2D eigenvalue weighted by Gasteiger charge is 2.08. The topological polar surface area (TPSA) is 50.7 Å². The van der Waals surface area contributed by atoms with Gasteiger partial charge in [0.25, 0.3) is 5.91 Å². The highest BCUT2D eigenvalue weighted by molar-refractivity contribution is 5.95. The molecule has 2 aromatic rings. The van der Waals surface area contributed by atoms with E-state index in [0.717, 1.165) is 17.7 Å². The lowest BCUT2D eigenvalue weighted by atomic mass is 10.2. The van der Waals surface area contributed by atoms with Crippen LogP contribution in [0.25, 0.3) is 0 Å². The van der Waals surface area contributed by atoms with E-state index in [2.05, 4.69) is 10.5 Å². The van der Waals surface area contributed by atoms with Crippen LogP contribution in [0.4, 0.5) is 4.39 Å². The number of amides is 1. The van der Waals surface area contributed by atoms with E-state index in [1.807, 2.05) is 31.2 Å². The van der Waals surface area contributed by atoms with Gasteiger partial charge in [-0.3, -0.25) is 4.79 Å². The number of halogens is 1. The van der Waals surface area contributed by atoms with Gasteiger partial charge in [-0.2, -0.15) is 5.10 Å². The third kappa shape index (κ3) is 4.41. The van der Waals surface area contributed by atoms with Crippen molar-refractivity contribution >= 4 is 12.1 Å². The molecule has 0 saturated carbocycles. The van der Waals surface area contributed by atoms with Crippen LogP contribution in [0.15, 0.2) is 53.6 Å². The van der Waals surface area contributed by atoms with Crippen molar-refractivity contribution in [3.05, 3.63) is 65.5 Å². The van der Waals surface area contributed by atoms with E-state index in [1.54, 1.807) is 6.07 Å². The first-order valence-electron chi connectivity index (χ1n) is 7.01. The number of benzene rings is 2. The SMILES string of the molecule is CCCOc1ccc(/C=N/NC(=O)c2ccccc2F)cc1. The number of nitrogens with zero attached hydrogens (tertiary/aromatic N) is 1. The van der Waals surface area contributed by atoms with Crippen molar-refractivity contribution in [2.45, 2.75) is 13.3 Å². The maximum Gasteiger partial charge on any atom is 0.274 e. The van der Waals surface area contributed by atoms with Crippen LogP contribution in [0.2, 0.25) is 0 Å². The average molecular weight is 300 g/mol. The summed E-state index contributed by atoms with van der Waals surface area (Å²) in [6.45, 7) is 2.71. The van der Waals surface area contributed by atoms with E-state index in [4.69, 9.17) is 4.74 Å². The molecule has 0 fully saturated rings. The van der Waals surface area contributed by atoms with E-state index in [-0.39, 0.29) is 5.56 Å². The van der Waals surface area contributed by atoms with Crippen molar-refractivity contribution < 1.29 is 13.9 Å². The lowest BCUT2D eigenvalue weighted by Crippen LogP contribution is -2.18. The fraction of sp³-hybridized carbons (Fsp3) is 0.176. The van der Waals surface area contributed by atoms with Crippen LogP contribution in [0, 0.1) is 5.82 Å². The molecule has 114 valence electrons. The zero-order valence-corrected chi connectivity index (χ0v) is 12.3. The Morgan fingerprint density at radius 2 is 1.95 bits per heavy atom. The van der Waals surface area contributed by atoms with Crippen LogP contribution < -0.4 is 10.2 Å². The molecule has 5 heteroatoms. The summed E-state index contributed by atoms with van der Waals surface area (Å²) >= 11 is 0. The van der Waals surface area contributed by atoms with Crippen molar-refractivity contribution in [1.29, 1.82) is 0 Å². The summed E-state index contributed by atoms with van der Waals surface area (Å²) < 4.78 is 18.9. The fourth-order valence-corrected chi connectivity index (χ4v) is 1.74. The third-order valence-corrected chi connectivity index (χ3v) is 2.85. The van der Waals surface area contributed by atoms with E-state index >= 15 is 0 Å². The first kappa shape index (κ1) is 15.7. The Kier molecular flexibility index (Phi) is 5.65. The van der Waals surface area contributed by atoms with Gasteiger partial charge in [0.2, 0.25) is 0 Å². The molecule has 0 radical (unpaired) electrons. The number of ether oxygens (including phenoxy) is 1. The predicted octanol–water partition coefficient (Wildman–Crippen LogP) is 3.38. The number of carbonyl (C=O) groups excluding carboxylic acids is 1. The molecule has 0 aliphatic carbocycles. The normalized spacial score (nSPS) is 10.6. The molecule has 0 atom stereocenters. The lowest BCUT2D eigenvalue weighted by Gasteiger charge is -2.04. The summed E-state index contributed by atoms with van der Waals surface area (Å²) in [6, 6.07) is 13.1. The van der Waals surface area contributed by atoms with Crippen LogP contribution in [0.1, 0.15) is 29.3 Å². The van der Waals surface area contributed by atoms with Crippen LogP contribution in [-0.2, 0) is 0 Å². The van der Waals surface area contributed by atoms with Gasteiger partial charge < -0.3 is 4.74 Å². The molecule has 0 aliphatic heterocycles. The number of hydrogen-bond donors (Lipinski definition) is 1. The zero-order valence-electron chi connectivity index (χ0n) is 12.3. The molecule has 22 heavy (non-hydrogen) atoms. The second-order valence-electron chi connectivity index (χ2n) is 4.60. The Balaban J connectivity index is 1.92. The van der Waals surface area contributed by atoms with Gasteiger partial charge >= 0.3 is 0 Å². The third-order valence-electron chi connectivity index (χ3n) is 2.85. The summed E-state index contributed by atoms with van der Waals surface area (Å²) in [4.78, 5) is 11.7. The molecule has 1 amide bonds. The van der Waals surface area contributed by atoms with Crippen molar-refractivity contribution in [2.75, 3.05) is 6.61 Å². The smallest absolute Gasteiger partial charge is 0.274 e. The maximum absolute atomic E-state index is 13.4. The molecule has 0 heterocycles. The van der Waals surface area contributed by atoms with Gasteiger partial charge in [0.05, 0.1) is 18.4 Å². The number of hydrazone groups is 1. The van der Waals surface area contributed by atoms with Gasteiger partial charge in [0.1, 0.15) is 11.6 Å². The van der Waals surface area contributed by atoms with Gasteiger partial charge in [-0.05, 0) is 48.4 Å². The van der Waals surface area contributed by atoms with Crippen molar-refractivity contribution in [1.82, 2.24) is 5.43 Å². The average Bonchev–Trinajstić information content (AvgIpc) is 2.54. The largest absolute Gasteiger partial charge is 0.494 e. The maximum atomic E-state index is 13.4. The Morgan fingerprint density at radius 1 is 1.23 bits per heavy atom. The van der Waals surface area contributed by atoms with Crippen molar-refractivity contribution in [3.63, 3.8) is 0 Å². The molecule has 0 aliphatic rings. The minimum Gasteiger partial charge on any atom is -0.494 e. The highest BCUT2D eigenvalue weighted by Crippen LogP contribution is 2.11. The summed E-state index contributed by atoms with van der Waals surface area (Å²) in [5.41, 5.74) is 3.06. The number of carbonyl (C=O) groups is 1. The number of nitrogens with one attached hydrogen (secondary N) is 1. The molecule has 0 spiro atoms. The summed E-state index contributed by atoms with van der Waals surface area (Å²) in [5, 5.41) is 3.82. The van der Waals surface area contributed by atoms with Gasteiger partial charge in [-0.1, -0.05) is 19.1 Å². The summed E-state index contributed by atoms with van der Waals surface area (Å²) in [6.07, 6.45) is 2.44. The molecular weight excluding hydrogens is 283 g/mol. The summed E-state index contributed by atoms with van der Waals surface area (Å²) in [7, 11) is 0. The van der Waals surface area contributed by atoms with E-state index in [9.17, 15) is 9.18 Å². The van der Waals surface area contributed by atoms with Crippen LogP contribution in [-0.4, -0.2) is 18.7 Å². The standard InChI is InChI=1S/C17H17FN2O2/c1-2-11-22-14-9-7-13(8-10-14)12-19-20-17(21)15-5-3-4-6-16(15)18/h3-10,12H,2,11H2,1H3,(H,20,21)/b19-12+. The Bertz CT molecular complexity index is 654. The Labute approximate surface area is 128 Å². The fourth-order valence-electron chi connectivity index (χ4n) is 1.74. The molecule has 0 unspecified atom stereocenters. The van der Waals surface area contributed by atoms with Crippen LogP contribution in [0.5, 0.6) is 5.75 Å². The van der Waals surface area contributed by atoms with E-state index in [0.29, 0.717) is 6.61 Å². The molecule has 0 aromatic heterocycles. The van der Waals surface area contributed by atoms with E-state index < -0.39 is 11.7 Å². The lowest BCUT2D eigenvalue weighted by molar-refractivity contribution is 0.0951. The zero-order chi connectivity index (χ0) is 15.8. The quantitative estimate of drug-likeness (QED) is 0.657. The number of hydrogen-bond acceptors (Lipinski definition) is 3. The van der Waals surface area contributed by atoms with Crippen molar-refractivity contribution in [3.8, 4) is 5.75 Å². The van der Waals surface area contributed by atoms with Crippen molar-refractivity contribution in [2.24, 2.45) is 5.10 Å². The molecule has 0 saturated heterocycles. The van der Waals surface area contributed by atoms with Gasteiger partial charge in [-0.15, -0.1) is 0 Å². The summed E-state index contributed by atoms with van der Waals surface area (Å²) in [5.74, 6) is -0.376. The molecular formula is C17H17FN2O2.